The fraction of sp³-hybridized carbons (Fsp3) is 0.737. The minimum atomic E-state index is -0.881. The molecule has 0 heterocycles. The molecule has 0 aromatic heterocycles. The molecule has 0 radical (unpaired) electrons. The Kier molecular flexibility index (Phi) is 44.9. The highest BCUT2D eigenvalue weighted by atomic mass is 16.6. The summed E-state index contributed by atoms with van der Waals surface area (Å²) in [4.78, 5) is 37.2. The van der Waals surface area contributed by atoms with Crippen LogP contribution in [-0.2, 0) is 28.6 Å². The fourth-order valence-corrected chi connectivity index (χ4v) is 7.55. The number of quaternary nitrogens is 1. The van der Waals surface area contributed by atoms with Crippen molar-refractivity contribution in [2.75, 3.05) is 41.0 Å². The van der Waals surface area contributed by atoms with Crippen LogP contribution < -0.4 is 0 Å². The van der Waals surface area contributed by atoms with Crippen molar-refractivity contribution < 1.29 is 38.2 Å². The van der Waals surface area contributed by atoms with Crippen LogP contribution in [0.5, 0.6) is 0 Å². The smallest absolute Gasteiger partial charge is 0.362 e. The Morgan fingerprint density at radius 2 is 0.877 bits per heavy atom. The van der Waals surface area contributed by atoms with Crippen molar-refractivity contribution in [3.05, 3.63) is 72.9 Å². The van der Waals surface area contributed by atoms with Crippen LogP contribution in [-0.4, -0.2) is 80.6 Å². The molecule has 0 saturated heterocycles. The van der Waals surface area contributed by atoms with Crippen molar-refractivity contribution >= 4 is 17.9 Å². The largest absolute Gasteiger partial charge is 0.477 e. The lowest BCUT2D eigenvalue weighted by Gasteiger charge is -2.31. The number of likely N-dealkylation sites (N-methyl/N-ethyl adjacent to an activating group) is 1. The molecular weight excluding hydrogens is 811 g/mol. The number of hydrogen-bond donors (Lipinski definition) is 1. The van der Waals surface area contributed by atoms with E-state index in [1.54, 1.807) is 0 Å². The second-order valence-electron chi connectivity index (χ2n) is 18.9. The van der Waals surface area contributed by atoms with E-state index in [2.05, 4.69) is 86.8 Å². The van der Waals surface area contributed by atoms with Crippen molar-refractivity contribution in [1.29, 1.82) is 0 Å². The summed E-state index contributed by atoms with van der Waals surface area (Å²) in [7, 11) is 5.52. The molecule has 2 atom stereocenters. The molecule has 0 bridgehead atoms. The van der Waals surface area contributed by atoms with Crippen LogP contribution in [0.15, 0.2) is 72.9 Å². The van der Waals surface area contributed by atoms with Crippen LogP contribution >= 0.6 is 0 Å². The van der Waals surface area contributed by atoms with E-state index in [9.17, 15) is 19.5 Å². The summed E-state index contributed by atoms with van der Waals surface area (Å²) in [5, 5.41) is 9.66. The van der Waals surface area contributed by atoms with Crippen molar-refractivity contribution in [3.8, 4) is 0 Å². The number of allylic oxidation sites excluding steroid dienone is 12. The zero-order chi connectivity index (χ0) is 47.7. The molecule has 1 N–H and O–H groups in total. The average Bonchev–Trinajstić information content (AvgIpc) is 3.27. The third-order valence-corrected chi connectivity index (χ3v) is 11.7. The summed E-state index contributed by atoms with van der Waals surface area (Å²) in [6, 6.07) is -0.624. The Morgan fingerprint density at radius 3 is 1.35 bits per heavy atom. The van der Waals surface area contributed by atoms with Crippen LogP contribution in [0.2, 0.25) is 0 Å². The predicted octanol–water partition coefficient (Wildman–Crippen LogP) is 15.5. The number of ether oxygens (including phenoxy) is 3. The summed E-state index contributed by atoms with van der Waals surface area (Å²) in [6.45, 7) is 4.68. The van der Waals surface area contributed by atoms with Crippen LogP contribution in [0.4, 0.5) is 0 Å². The Bertz CT molecular complexity index is 1290. The summed E-state index contributed by atoms with van der Waals surface area (Å²) in [5.74, 6) is -1.51. The normalized spacial score (nSPS) is 13.4. The number of rotatable bonds is 47. The van der Waals surface area contributed by atoms with Gasteiger partial charge in [-0.2, -0.15) is 0 Å². The van der Waals surface area contributed by atoms with Gasteiger partial charge in [-0.3, -0.25) is 9.59 Å². The summed E-state index contributed by atoms with van der Waals surface area (Å²) < 4.78 is 17.3. The molecule has 8 heteroatoms. The zero-order valence-electron chi connectivity index (χ0n) is 42.7. The first-order valence-corrected chi connectivity index (χ1v) is 26.5. The maximum Gasteiger partial charge on any atom is 0.362 e. The van der Waals surface area contributed by atoms with E-state index in [0.29, 0.717) is 19.3 Å². The standard InChI is InChI=1S/C57H99NO7/c1-6-8-10-12-14-16-18-20-22-24-26-27-28-29-30-32-34-36-38-40-42-44-46-48-56(60)65-53(51-63-50-49-54(57(61)62)58(3,4)5)52-64-55(59)47-45-43-41-39-37-35-33-31-25-23-21-19-17-15-13-11-9-7-2/h15,17,19,21,23,25-27,29-31,33,53-54H,6-14,16,18,20,22,24,28,32,34-52H2,1-5H3/p+1/b17-15+,21-19+,25-23+,27-26+,30-29+,33-31+. The zero-order valence-corrected chi connectivity index (χ0v) is 42.7. The molecule has 0 aromatic carbocycles. The Balaban J connectivity index is 4.30. The SMILES string of the molecule is CCCCC/C=C/C=C/C=C/C=C/CCCCCCCC(=O)OCC(COCCC(C(=O)O)[N+](C)(C)C)OC(=O)CCCCCCCCC/C=C/C/C=C/CCCCCCCCCCC. The van der Waals surface area contributed by atoms with Gasteiger partial charge in [0.2, 0.25) is 0 Å². The van der Waals surface area contributed by atoms with Crippen molar-refractivity contribution in [3.63, 3.8) is 0 Å². The molecule has 0 aliphatic rings. The number of hydrogen-bond acceptors (Lipinski definition) is 6. The number of carboxylic acids is 1. The molecule has 0 aromatic rings. The van der Waals surface area contributed by atoms with Crippen molar-refractivity contribution in [2.45, 2.75) is 231 Å². The molecule has 0 saturated carbocycles. The topological polar surface area (TPSA) is 99.1 Å². The van der Waals surface area contributed by atoms with Crippen LogP contribution in [0.1, 0.15) is 219 Å². The van der Waals surface area contributed by atoms with Crippen LogP contribution in [0, 0.1) is 0 Å². The van der Waals surface area contributed by atoms with Gasteiger partial charge in [-0.25, -0.2) is 4.79 Å². The minimum absolute atomic E-state index is 0.0469. The van der Waals surface area contributed by atoms with Gasteiger partial charge in [0.1, 0.15) is 6.61 Å². The molecule has 0 spiro atoms. The van der Waals surface area contributed by atoms with E-state index in [4.69, 9.17) is 14.2 Å². The third kappa shape index (κ3) is 45.7. The maximum absolute atomic E-state index is 12.8. The summed E-state index contributed by atoms with van der Waals surface area (Å²) >= 11 is 0. The second kappa shape index (κ2) is 47.3. The molecule has 0 aliphatic carbocycles. The van der Waals surface area contributed by atoms with E-state index in [-0.39, 0.29) is 36.2 Å². The molecule has 2 unspecified atom stereocenters. The van der Waals surface area contributed by atoms with Gasteiger partial charge in [0.25, 0.3) is 0 Å². The van der Waals surface area contributed by atoms with Crippen molar-refractivity contribution in [1.82, 2.24) is 0 Å². The molecule has 8 nitrogen and oxygen atoms in total. The highest BCUT2D eigenvalue weighted by Gasteiger charge is 2.31. The Morgan fingerprint density at radius 1 is 0.477 bits per heavy atom. The average molecular weight is 911 g/mol. The molecule has 374 valence electrons. The highest BCUT2D eigenvalue weighted by Crippen LogP contribution is 2.14. The summed E-state index contributed by atoms with van der Waals surface area (Å²) in [5.41, 5.74) is 0. The van der Waals surface area contributed by atoms with E-state index in [1.807, 2.05) is 21.1 Å². The first-order valence-electron chi connectivity index (χ1n) is 26.5. The lowest BCUT2D eigenvalue weighted by Crippen LogP contribution is -2.50. The number of unbranched alkanes of at least 4 members (excludes halogenated alkanes) is 24. The Hall–Kier alpha value is -3.23. The van der Waals surface area contributed by atoms with Gasteiger partial charge in [0, 0.05) is 19.3 Å². The molecule has 0 amide bonds. The Labute approximate surface area is 400 Å². The first kappa shape index (κ1) is 61.8. The molecule has 65 heavy (non-hydrogen) atoms. The lowest BCUT2D eigenvalue weighted by molar-refractivity contribution is -0.887. The number of aliphatic carboxylic acids is 1. The molecule has 0 rings (SSSR count). The number of carbonyl (C=O) groups is 3. The van der Waals surface area contributed by atoms with E-state index >= 15 is 0 Å². The van der Waals surface area contributed by atoms with Gasteiger partial charge in [0.15, 0.2) is 12.1 Å². The van der Waals surface area contributed by atoms with Gasteiger partial charge in [-0.15, -0.1) is 0 Å². The molecule has 0 fully saturated rings. The lowest BCUT2D eigenvalue weighted by atomic mass is 10.1. The van der Waals surface area contributed by atoms with Crippen LogP contribution in [0.3, 0.4) is 0 Å². The number of esters is 2. The molecule has 0 aliphatic heterocycles. The van der Waals surface area contributed by atoms with Gasteiger partial charge < -0.3 is 23.8 Å². The van der Waals surface area contributed by atoms with Gasteiger partial charge in [-0.05, 0) is 70.6 Å². The maximum atomic E-state index is 12.8. The number of nitrogens with zero attached hydrogens (tertiary/aromatic N) is 1. The van der Waals surface area contributed by atoms with E-state index in [0.717, 1.165) is 77.0 Å². The fourth-order valence-electron chi connectivity index (χ4n) is 7.55. The van der Waals surface area contributed by atoms with Gasteiger partial charge in [-0.1, -0.05) is 202 Å². The van der Waals surface area contributed by atoms with Crippen LogP contribution in [0.25, 0.3) is 0 Å². The predicted molar refractivity (Wildman–Crippen MR) is 275 cm³/mol. The molecular formula is C57H100NO7+. The minimum Gasteiger partial charge on any atom is -0.477 e. The van der Waals surface area contributed by atoms with E-state index < -0.39 is 18.1 Å². The quantitative estimate of drug-likeness (QED) is 0.0213. The summed E-state index contributed by atoms with van der Waals surface area (Å²) in [6.07, 6.45) is 60.9. The number of carbonyl (C=O) groups excluding carboxylic acids is 2. The highest BCUT2D eigenvalue weighted by molar-refractivity contribution is 5.72. The van der Waals surface area contributed by atoms with Crippen molar-refractivity contribution in [2.24, 2.45) is 0 Å². The second-order valence-corrected chi connectivity index (χ2v) is 18.9. The van der Waals surface area contributed by atoms with Gasteiger partial charge >= 0.3 is 17.9 Å². The third-order valence-electron chi connectivity index (χ3n) is 11.7. The first-order chi connectivity index (χ1) is 31.6. The van der Waals surface area contributed by atoms with Gasteiger partial charge in [0.05, 0.1) is 34.4 Å². The van der Waals surface area contributed by atoms with E-state index in [1.165, 1.54) is 109 Å². The monoisotopic (exact) mass is 911 g/mol. The number of carboxylic acid groups (broad SMARTS) is 1.